The third-order valence-corrected chi connectivity index (χ3v) is 2.72. The Hall–Kier alpha value is -1.64. The van der Waals surface area contributed by atoms with Crippen LogP contribution in [-0.2, 0) is 11.2 Å². The number of carbonyl (C=O) groups excluding carboxylic acids is 2. The lowest BCUT2D eigenvalue weighted by atomic mass is 9.99. The predicted molar refractivity (Wildman–Crippen MR) is 66.4 cm³/mol. The highest BCUT2D eigenvalue weighted by Crippen LogP contribution is 2.16. The average molecular weight is 234 g/mol. The Morgan fingerprint density at radius 1 is 1.35 bits per heavy atom. The van der Waals surface area contributed by atoms with Gasteiger partial charge < -0.3 is 4.74 Å². The van der Waals surface area contributed by atoms with Gasteiger partial charge in [0.05, 0.1) is 12.7 Å². The fourth-order valence-electron chi connectivity index (χ4n) is 1.77. The summed E-state index contributed by atoms with van der Waals surface area (Å²) < 4.78 is 4.73. The molecule has 0 aromatic heterocycles. The van der Waals surface area contributed by atoms with Crippen LogP contribution in [0.2, 0.25) is 0 Å². The summed E-state index contributed by atoms with van der Waals surface area (Å²) in [4.78, 5) is 22.3. The first kappa shape index (κ1) is 13.4. The molecule has 1 rings (SSSR count). The molecule has 0 amide bonds. The van der Waals surface area contributed by atoms with Gasteiger partial charge in [0.15, 0.2) is 0 Å². The normalized spacial score (nSPS) is 10.0. The van der Waals surface area contributed by atoms with E-state index in [1.165, 1.54) is 7.11 Å². The van der Waals surface area contributed by atoms with E-state index in [-0.39, 0.29) is 5.97 Å². The van der Waals surface area contributed by atoms with Crippen LogP contribution in [0.15, 0.2) is 18.2 Å². The number of hydrogen-bond donors (Lipinski definition) is 0. The van der Waals surface area contributed by atoms with Crippen molar-refractivity contribution in [2.24, 2.45) is 0 Å². The summed E-state index contributed by atoms with van der Waals surface area (Å²) in [6.45, 7) is 2.13. The van der Waals surface area contributed by atoms with Crippen LogP contribution < -0.4 is 0 Å². The lowest BCUT2D eigenvalue weighted by molar-refractivity contribution is 0.0599. The molecule has 0 heterocycles. The summed E-state index contributed by atoms with van der Waals surface area (Å²) in [5.74, 6) is -0.339. The Balaban J connectivity index is 2.94. The third kappa shape index (κ3) is 3.70. The van der Waals surface area contributed by atoms with Crippen LogP contribution >= 0.6 is 0 Å². The molecule has 0 aliphatic rings. The van der Waals surface area contributed by atoms with E-state index in [0.717, 1.165) is 37.5 Å². The Morgan fingerprint density at radius 2 is 2.12 bits per heavy atom. The number of rotatable bonds is 6. The molecule has 0 atom stereocenters. The molecule has 1 aromatic rings. The van der Waals surface area contributed by atoms with Crippen molar-refractivity contribution in [3.05, 3.63) is 34.9 Å². The fourth-order valence-corrected chi connectivity index (χ4v) is 1.77. The van der Waals surface area contributed by atoms with Crippen LogP contribution in [0.3, 0.4) is 0 Å². The smallest absolute Gasteiger partial charge is 0.338 e. The van der Waals surface area contributed by atoms with Gasteiger partial charge in [0, 0.05) is 5.56 Å². The molecule has 17 heavy (non-hydrogen) atoms. The highest BCUT2D eigenvalue weighted by atomic mass is 16.5. The molecular formula is C14H18O3. The summed E-state index contributed by atoms with van der Waals surface area (Å²) in [6, 6.07) is 5.08. The maximum absolute atomic E-state index is 11.6. The number of unbranched alkanes of at least 4 members (excludes halogenated alkanes) is 2. The third-order valence-electron chi connectivity index (χ3n) is 2.72. The van der Waals surface area contributed by atoms with Gasteiger partial charge in [0.2, 0.25) is 0 Å². The van der Waals surface area contributed by atoms with E-state index >= 15 is 0 Å². The standard InChI is InChI=1S/C14H18O3/c1-3-4-5-6-12-9-11(10-15)7-8-13(12)14(16)17-2/h7-10H,3-6H2,1-2H3. The zero-order chi connectivity index (χ0) is 12.7. The molecule has 92 valence electrons. The fraction of sp³-hybridized carbons (Fsp3) is 0.429. The maximum Gasteiger partial charge on any atom is 0.338 e. The highest BCUT2D eigenvalue weighted by molar-refractivity contribution is 5.92. The predicted octanol–water partition coefficient (Wildman–Crippen LogP) is 3.02. The molecule has 3 nitrogen and oxygen atoms in total. The minimum absolute atomic E-state index is 0.339. The van der Waals surface area contributed by atoms with Gasteiger partial charge in [-0.1, -0.05) is 25.8 Å². The minimum atomic E-state index is -0.339. The van der Waals surface area contributed by atoms with E-state index in [2.05, 4.69) is 6.92 Å². The zero-order valence-electron chi connectivity index (χ0n) is 10.4. The first-order valence-electron chi connectivity index (χ1n) is 5.89. The van der Waals surface area contributed by atoms with Gasteiger partial charge in [0.1, 0.15) is 6.29 Å². The van der Waals surface area contributed by atoms with E-state index in [1.54, 1.807) is 18.2 Å². The largest absolute Gasteiger partial charge is 0.465 e. The molecular weight excluding hydrogens is 216 g/mol. The Kier molecular flexibility index (Phi) is 5.40. The number of ether oxygens (including phenoxy) is 1. The van der Waals surface area contributed by atoms with Gasteiger partial charge in [-0.3, -0.25) is 4.79 Å². The van der Waals surface area contributed by atoms with Gasteiger partial charge in [-0.25, -0.2) is 4.79 Å². The van der Waals surface area contributed by atoms with Gasteiger partial charge >= 0.3 is 5.97 Å². The second-order valence-electron chi connectivity index (χ2n) is 3.98. The molecule has 3 heteroatoms. The molecule has 0 N–H and O–H groups in total. The van der Waals surface area contributed by atoms with Crippen molar-refractivity contribution in [1.29, 1.82) is 0 Å². The minimum Gasteiger partial charge on any atom is -0.465 e. The number of carbonyl (C=O) groups is 2. The quantitative estimate of drug-likeness (QED) is 0.431. The van der Waals surface area contributed by atoms with Crippen LogP contribution in [0.5, 0.6) is 0 Å². The van der Waals surface area contributed by atoms with E-state index in [1.807, 2.05) is 0 Å². The van der Waals surface area contributed by atoms with Crippen LogP contribution in [0, 0.1) is 0 Å². The van der Waals surface area contributed by atoms with Gasteiger partial charge in [-0.15, -0.1) is 0 Å². The SMILES string of the molecule is CCCCCc1cc(C=O)ccc1C(=O)OC. The lowest BCUT2D eigenvalue weighted by Gasteiger charge is -2.08. The van der Waals surface area contributed by atoms with Crippen molar-refractivity contribution < 1.29 is 14.3 Å². The van der Waals surface area contributed by atoms with E-state index in [9.17, 15) is 9.59 Å². The second kappa shape index (κ2) is 6.84. The number of aryl methyl sites for hydroxylation is 1. The molecule has 0 saturated carbocycles. The molecule has 0 radical (unpaired) electrons. The topological polar surface area (TPSA) is 43.4 Å². The van der Waals surface area contributed by atoms with Crippen molar-refractivity contribution in [3.8, 4) is 0 Å². The zero-order valence-corrected chi connectivity index (χ0v) is 10.4. The van der Waals surface area contributed by atoms with Crippen molar-refractivity contribution in [3.63, 3.8) is 0 Å². The highest BCUT2D eigenvalue weighted by Gasteiger charge is 2.11. The summed E-state index contributed by atoms with van der Waals surface area (Å²) in [5.41, 5.74) is 2.06. The van der Waals surface area contributed by atoms with Gasteiger partial charge in [-0.05, 0) is 30.5 Å². The number of esters is 1. The molecule has 0 aliphatic heterocycles. The maximum atomic E-state index is 11.6. The molecule has 0 bridgehead atoms. The molecule has 0 fully saturated rings. The van der Waals surface area contributed by atoms with Crippen molar-refractivity contribution in [2.75, 3.05) is 7.11 Å². The van der Waals surface area contributed by atoms with E-state index in [4.69, 9.17) is 4.74 Å². The molecule has 1 aromatic carbocycles. The second-order valence-corrected chi connectivity index (χ2v) is 3.98. The average Bonchev–Trinajstić information content (AvgIpc) is 2.38. The number of hydrogen-bond acceptors (Lipinski definition) is 3. The Morgan fingerprint density at radius 3 is 2.71 bits per heavy atom. The van der Waals surface area contributed by atoms with Crippen LogP contribution in [0.25, 0.3) is 0 Å². The van der Waals surface area contributed by atoms with Crippen LogP contribution in [0.4, 0.5) is 0 Å². The van der Waals surface area contributed by atoms with Gasteiger partial charge in [-0.2, -0.15) is 0 Å². The summed E-state index contributed by atoms with van der Waals surface area (Å²) in [5, 5.41) is 0. The molecule has 0 aliphatic carbocycles. The van der Waals surface area contributed by atoms with E-state index < -0.39 is 0 Å². The van der Waals surface area contributed by atoms with Crippen molar-refractivity contribution >= 4 is 12.3 Å². The van der Waals surface area contributed by atoms with Crippen molar-refractivity contribution in [2.45, 2.75) is 32.6 Å². The van der Waals surface area contributed by atoms with Gasteiger partial charge in [0.25, 0.3) is 0 Å². The summed E-state index contributed by atoms with van der Waals surface area (Å²) >= 11 is 0. The lowest BCUT2D eigenvalue weighted by Crippen LogP contribution is -2.06. The van der Waals surface area contributed by atoms with Crippen LogP contribution in [-0.4, -0.2) is 19.4 Å². The number of benzene rings is 1. The Labute approximate surface area is 102 Å². The summed E-state index contributed by atoms with van der Waals surface area (Å²) in [7, 11) is 1.37. The monoisotopic (exact) mass is 234 g/mol. The Bertz CT molecular complexity index is 396. The first-order chi connectivity index (χ1) is 8.22. The summed E-state index contributed by atoms with van der Waals surface area (Å²) in [6.07, 6.45) is 4.86. The number of methoxy groups -OCH3 is 1. The first-order valence-corrected chi connectivity index (χ1v) is 5.89. The van der Waals surface area contributed by atoms with Crippen LogP contribution in [0.1, 0.15) is 52.5 Å². The number of aldehydes is 1. The molecule has 0 unspecified atom stereocenters. The molecule has 0 saturated heterocycles. The van der Waals surface area contributed by atoms with E-state index in [0.29, 0.717) is 11.1 Å². The van der Waals surface area contributed by atoms with Crippen molar-refractivity contribution in [1.82, 2.24) is 0 Å². The molecule has 0 spiro atoms.